The molecule has 1 aliphatic carbocycles. The van der Waals surface area contributed by atoms with Crippen molar-refractivity contribution < 1.29 is 0 Å². The quantitative estimate of drug-likeness (QED) is 0.810. The maximum atomic E-state index is 5.50. The highest BCUT2D eigenvalue weighted by Gasteiger charge is 2.21. The average Bonchev–Trinajstić information content (AvgIpc) is 2.82. The number of nitrogens with zero attached hydrogens (tertiary/aromatic N) is 3. The second kappa shape index (κ2) is 4.57. The summed E-state index contributed by atoms with van der Waals surface area (Å²) in [6.07, 6.45) is 8.81. The molecule has 15 heavy (non-hydrogen) atoms. The van der Waals surface area contributed by atoms with Gasteiger partial charge in [0.25, 0.3) is 0 Å². The minimum atomic E-state index is 0.507. The van der Waals surface area contributed by atoms with Gasteiger partial charge in [-0.2, -0.15) is 0 Å². The van der Waals surface area contributed by atoms with Crippen LogP contribution in [0.4, 0.5) is 5.95 Å². The van der Waals surface area contributed by atoms with Crippen molar-refractivity contribution in [3.63, 3.8) is 0 Å². The molecule has 0 bridgehead atoms. The molecule has 2 N–H and O–H groups in total. The zero-order valence-electron chi connectivity index (χ0n) is 9.19. The van der Waals surface area contributed by atoms with Crippen molar-refractivity contribution in [2.75, 3.05) is 11.9 Å². The molecule has 1 aromatic rings. The first-order valence-electron chi connectivity index (χ1n) is 5.55. The van der Waals surface area contributed by atoms with Crippen LogP contribution >= 0.6 is 0 Å². The van der Waals surface area contributed by atoms with Gasteiger partial charge in [-0.25, -0.2) is 9.97 Å². The average molecular weight is 206 g/mol. The van der Waals surface area contributed by atoms with Crippen LogP contribution in [0.15, 0.2) is 12.4 Å². The smallest absolute Gasteiger partial charge is 0.225 e. The van der Waals surface area contributed by atoms with Gasteiger partial charge in [-0.05, 0) is 12.8 Å². The molecule has 82 valence electrons. The second-order valence-electron chi connectivity index (χ2n) is 4.14. The summed E-state index contributed by atoms with van der Waals surface area (Å²) >= 11 is 0. The van der Waals surface area contributed by atoms with E-state index in [4.69, 9.17) is 5.73 Å². The second-order valence-corrected chi connectivity index (χ2v) is 4.14. The Balaban J connectivity index is 2.07. The first-order chi connectivity index (χ1) is 7.31. The fourth-order valence-electron chi connectivity index (χ4n) is 2.09. The largest absolute Gasteiger partial charge is 0.341 e. The predicted molar refractivity (Wildman–Crippen MR) is 60.6 cm³/mol. The molecular weight excluding hydrogens is 188 g/mol. The first-order valence-corrected chi connectivity index (χ1v) is 5.55. The molecule has 0 atom stereocenters. The third-order valence-corrected chi connectivity index (χ3v) is 3.12. The summed E-state index contributed by atoms with van der Waals surface area (Å²) in [5.41, 5.74) is 6.49. The van der Waals surface area contributed by atoms with Crippen LogP contribution in [-0.4, -0.2) is 23.1 Å². The number of anilines is 1. The van der Waals surface area contributed by atoms with Crippen molar-refractivity contribution in [1.82, 2.24) is 9.97 Å². The lowest BCUT2D eigenvalue weighted by molar-refractivity contribution is 0.637. The number of hydrogen-bond acceptors (Lipinski definition) is 4. The van der Waals surface area contributed by atoms with Crippen LogP contribution < -0.4 is 10.6 Å². The maximum absolute atomic E-state index is 5.50. The van der Waals surface area contributed by atoms with E-state index in [0.29, 0.717) is 12.6 Å². The zero-order valence-corrected chi connectivity index (χ0v) is 9.19. The Kier molecular flexibility index (Phi) is 3.16. The van der Waals surface area contributed by atoms with Crippen LogP contribution in [0.25, 0.3) is 0 Å². The minimum absolute atomic E-state index is 0.507. The normalized spacial score (nSPS) is 16.9. The van der Waals surface area contributed by atoms with Gasteiger partial charge in [-0.3, -0.25) is 0 Å². The van der Waals surface area contributed by atoms with Gasteiger partial charge in [0, 0.05) is 37.6 Å². The monoisotopic (exact) mass is 206 g/mol. The molecule has 4 heteroatoms. The van der Waals surface area contributed by atoms with Gasteiger partial charge in [-0.1, -0.05) is 12.8 Å². The molecule has 1 saturated carbocycles. The molecule has 0 spiro atoms. The molecule has 1 fully saturated rings. The highest BCUT2D eigenvalue weighted by atomic mass is 15.2. The molecule has 0 aromatic carbocycles. The molecule has 1 aromatic heterocycles. The van der Waals surface area contributed by atoms with Gasteiger partial charge in [0.1, 0.15) is 0 Å². The molecule has 2 rings (SSSR count). The Morgan fingerprint density at radius 1 is 1.33 bits per heavy atom. The van der Waals surface area contributed by atoms with Crippen molar-refractivity contribution >= 4 is 5.95 Å². The van der Waals surface area contributed by atoms with Crippen molar-refractivity contribution in [3.05, 3.63) is 18.0 Å². The summed E-state index contributed by atoms with van der Waals surface area (Å²) in [6, 6.07) is 0.619. The number of nitrogens with two attached hydrogens (primary N) is 1. The SMILES string of the molecule is CN(c1ncc(CN)cn1)C1CCCC1. The fourth-order valence-corrected chi connectivity index (χ4v) is 2.09. The van der Waals surface area contributed by atoms with E-state index in [0.717, 1.165) is 11.5 Å². The van der Waals surface area contributed by atoms with E-state index >= 15 is 0 Å². The number of hydrogen-bond donors (Lipinski definition) is 1. The molecule has 0 amide bonds. The van der Waals surface area contributed by atoms with E-state index in [1.54, 1.807) is 0 Å². The highest BCUT2D eigenvalue weighted by molar-refractivity contribution is 5.30. The Labute approximate surface area is 90.5 Å². The van der Waals surface area contributed by atoms with Gasteiger partial charge in [-0.15, -0.1) is 0 Å². The van der Waals surface area contributed by atoms with Gasteiger partial charge in [0.15, 0.2) is 0 Å². The zero-order chi connectivity index (χ0) is 10.7. The van der Waals surface area contributed by atoms with Crippen LogP contribution in [0.5, 0.6) is 0 Å². The van der Waals surface area contributed by atoms with Crippen molar-refractivity contribution in [2.24, 2.45) is 5.73 Å². The van der Waals surface area contributed by atoms with Gasteiger partial charge in [0.2, 0.25) is 5.95 Å². The van der Waals surface area contributed by atoms with E-state index in [1.807, 2.05) is 12.4 Å². The summed E-state index contributed by atoms with van der Waals surface area (Å²) in [5, 5.41) is 0. The summed E-state index contributed by atoms with van der Waals surface area (Å²) in [6.45, 7) is 0.507. The molecule has 1 heterocycles. The van der Waals surface area contributed by atoms with Crippen LogP contribution in [0.3, 0.4) is 0 Å². The summed E-state index contributed by atoms with van der Waals surface area (Å²) < 4.78 is 0. The number of aromatic nitrogens is 2. The molecule has 0 radical (unpaired) electrons. The third kappa shape index (κ3) is 2.26. The molecule has 1 aliphatic rings. The van der Waals surface area contributed by atoms with Crippen LogP contribution in [0.1, 0.15) is 31.2 Å². The van der Waals surface area contributed by atoms with Gasteiger partial charge < -0.3 is 10.6 Å². The highest BCUT2D eigenvalue weighted by Crippen LogP contribution is 2.24. The van der Waals surface area contributed by atoms with E-state index in [2.05, 4.69) is 21.9 Å². The van der Waals surface area contributed by atoms with E-state index in [1.165, 1.54) is 25.7 Å². The lowest BCUT2D eigenvalue weighted by Gasteiger charge is -2.23. The first kappa shape index (κ1) is 10.4. The third-order valence-electron chi connectivity index (χ3n) is 3.12. The molecule has 0 saturated heterocycles. The van der Waals surface area contributed by atoms with Gasteiger partial charge in [0.05, 0.1) is 0 Å². The van der Waals surface area contributed by atoms with Crippen LogP contribution in [-0.2, 0) is 6.54 Å². The number of rotatable bonds is 3. The fraction of sp³-hybridized carbons (Fsp3) is 0.636. The van der Waals surface area contributed by atoms with E-state index in [-0.39, 0.29) is 0 Å². The van der Waals surface area contributed by atoms with Crippen LogP contribution in [0.2, 0.25) is 0 Å². The lowest BCUT2D eigenvalue weighted by Crippen LogP contribution is -2.30. The Morgan fingerprint density at radius 2 is 1.93 bits per heavy atom. The lowest BCUT2D eigenvalue weighted by atomic mass is 10.2. The Hall–Kier alpha value is -1.16. The predicted octanol–water partition coefficient (Wildman–Crippen LogP) is 1.31. The van der Waals surface area contributed by atoms with Crippen LogP contribution in [0, 0.1) is 0 Å². The molecular formula is C11H18N4. The Bertz CT molecular complexity index is 303. The summed E-state index contributed by atoms with van der Waals surface area (Å²) in [4.78, 5) is 10.8. The van der Waals surface area contributed by atoms with E-state index < -0.39 is 0 Å². The van der Waals surface area contributed by atoms with E-state index in [9.17, 15) is 0 Å². The van der Waals surface area contributed by atoms with Crippen molar-refractivity contribution in [3.8, 4) is 0 Å². The van der Waals surface area contributed by atoms with Crippen molar-refractivity contribution in [2.45, 2.75) is 38.3 Å². The van der Waals surface area contributed by atoms with Gasteiger partial charge >= 0.3 is 0 Å². The van der Waals surface area contributed by atoms with Crippen molar-refractivity contribution in [1.29, 1.82) is 0 Å². The topological polar surface area (TPSA) is 55.0 Å². The standard InChI is InChI=1S/C11H18N4/c1-15(10-4-2-3-5-10)11-13-7-9(6-12)8-14-11/h7-8,10H,2-6,12H2,1H3. The summed E-state index contributed by atoms with van der Waals surface area (Å²) in [5.74, 6) is 0.819. The Morgan fingerprint density at radius 3 is 2.47 bits per heavy atom. The summed E-state index contributed by atoms with van der Waals surface area (Å²) in [7, 11) is 2.08. The minimum Gasteiger partial charge on any atom is -0.341 e. The molecule has 0 aliphatic heterocycles. The maximum Gasteiger partial charge on any atom is 0.225 e. The molecule has 0 unspecified atom stereocenters. The molecule has 4 nitrogen and oxygen atoms in total.